The first-order chi connectivity index (χ1) is 9.31. The Kier molecular flexibility index (Phi) is 5.70. The van der Waals surface area contributed by atoms with Crippen LogP contribution in [0.1, 0.15) is 44.9 Å². The minimum Gasteiger partial charge on any atom is -0.374 e. The molecule has 5 heteroatoms. The number of carbonyl (C=O) groups is 1. The van der Waals surface area contributed by atoms with Gasteiger partial charge in [0.2, 0.25) is 5.91 Å². The smallest absolute Gasteiger partial charge is 0.226 e. The number of rotatable bonds is 2. The Morgan fingerprint density at radius 2 is 1.95 bits per heavy atom. The Morgan fingerprint density at radius 3 is 2.75 bits per heavy atom. The molecule has 0 aromatic rings. The first-order valence-electron chi connectivity index (χ1n) is 7.93. The highest BCUT2D eigenvalue weighted by Crippen LogP contribution is 2.35. The molecule has 0 aromatic heterocycles. The maximum Gasteiger partial charge on any atom is 0.226 e. The van der Waals surface area contributed by atoms with E-state index in [-0.39, 0.29) is 18.3 Å². The van der Waals surface area contributed by atoms with E-state index in [2.05, 4.69) is 4.90 Å². The van der Waals surface area contributed by atoms with Crippen LogP contribution < -0.4 is 5.73 Å². The molecule has 2 saturated carbocycles. The second-order valence-corrected chi connectivity index (χ2v) is 6.33. The Hall–Kier alpha value is -0.320. The average Bonchev–Trinajstić information content (AvgIpc) is 2.94. The van der Waals surface area contributed by atoms with Gasteiger partial charge in [0.1, 0.15) is 0 Å². The van der Waals surface area contributed by atoms with Gasteiger partial charge in [-0.3, -0.25) is 4.79 Å². The third-order valence-electron chi connectivity index (χ3n) is 5.29. The number of carbonyl (C=O) groups excluding carboxylic acids is 1. The van der Waals surface area contributed by atoms with Gasteiger partial charge in [-0.05, 0) is 38.1 Å². The van der Waals surface area contributed by atoms with Crippen LogP contribution in [0, 0.1) is 11.8 Å². The Bertz CT molecular complexity index is 338. The molecule has 0 spiro atoms. The highest BCUT2D eigenvalue weighted by molar-refractivity contribution is 5.85. The number of nitrogens with two attached hydrogens (primary N) is 1. The van der Waals surface area contributed by atoms with Gasteiger partial charge >= 0.3 is 0 Å². The van der Waals surface area contributed by atoms with Crippen LogP contribution in [-0.4, -0.2) is 42.6 Å². The Morgan fingerprint density at radius 1 is 1.15 bits per heavy atom. The van der Waals surface area contributed by atoms with Crippen molar-refractivity contribution in [2.75, 3.05) is 19.7 Å². The summed E-state index contributed by atoms with van der Waals surface area (Å²) in [6.45, 7) is 2.16. The molecule has 20 heavy (non-hydrogen) atoms. The van der Waals surface area contributed by atoms with Crippen LogP contribution >= 0.6 is 12.4 Å². The average molecular weight is 303 g/mol. The van der Waals surface area contributed by atoms with Crippen molar-refractivity contribution in [3.05, 3.63) is 0 Å². The predicted octanol–water partition coefficient (Wildman–Crippen LogP) is 1.95. The summed E-state index contributed by atoms with van der Waals surface area (Å²) in [7, 11) is 0. The van der Waals surface area contributed by atoms with Crippen LogP contribution in [0.2, 0.25) is 0 Å². The van der Waals surface area contributed by atoms with Gasteiger partial charge in [0.05, 0.1) is 18.8 Å². The van der Waals surface area contributed by atoms with Crippen molar-refractivity contribution >= 4 is 18.3 Å². The molecule has 0 radical (unpaired) electrons. The fourth-order valence-corrected chi connectivity index (χ4v) is 4.23. The molecule has 4 nitrogen and oxygen atoms in total. The first kappa shape index (κ1) is 16.1. The van der Waals surface area contributed by atoms with Crippen LogP contribution in [-0.2, 0) is 9.53 Å². The normalized spacial score (nSPS) is 37.1. The lowest BCUT2D eigenvalue weighted by atomic mass is 9.87. The summed E-state index contributed by atoms with van der Waals surface area (Å²) in [6, 6.07) is 0.342. The van der Waals surface area contributed by atoms with Crippen molar-refractivity contribution in [2.24, 2.45) is 17.6 Å². The summed E-state index contributed by atoms with van der Waals surface area (Å²) in [5.74, 6) is 0.969. The molecule has 3 fully saturated rings. The lowest BCUT2D eigenvalue weighted by molar-refractivity contribution is -0.154. The lowest BCUT2D eigenvalue weighted by Crippen LogP contribution is -2.56. The molecule has 3 rings (SSSR count). The quantitative estimate of drug-likeness (QED) is 0.848. The summed E-state index contributed by atoms with van der Waals surface area (Å²) >= 11 is 0. The number of ether oxygens (including phenoxy) is 1. The third-order valence-corrected chi connectivity index (χ3v) is 5.29. The fourth-order valence-electron chi connectivity index (χ4n) is 4.23. The van der Waals surface area contributed by atoms with Crippen LogP contribution in [0.4, 0.5) is 0 Å². The second kappa shape index (κ2) is 7.10. The molecule has 2 unspecified atom stereocenters. The van der Waals surface area contributed by atoms with E-state index in [0.717, 1.165) is 38.6 Å². The number of hydrogen-bond acceptors (Lipinski definition) is 3. The molecular weight excluding hydrogens is 276 g/mol. The van der Waals surface area contributed by atoms with E-state index in [1.165, 1.54) is 12.8 Å². The fraction of sp³-hybridized carbons (Fsp3) is 0.933. The van der Waals surface area contributed by atoms with E-state index in [1.807, 2.05) is 0 Å². The molecule has 3 aliphatic rings. The summed E-state index contributed by atoms with van der Waals surface area (Å²) in [6.07, 6.45) is 8.36. The van der Waals surface area contributed by atoms with Gasteiger partial charge in [-0.25, -0.2) is 0 Å². The summed E-state index contributed by atoms with van der Waals surface area (Å²) < 4.78 is 5.86. The lowest BCUT2D eigenvalue weighted by Gasteiger charge is -2.45. The highest BCUT2D eigenvalue weighted by Gasteiger charge is 2.41. The number of morpholine rings is 1. The van der Waals surface area contributed by atoms with Gasteiger partial charge in [0.25, 0.3) is 0 Å². The van der Waals surface area contributed by atoms with Gasteiger partial charge in [-0.15, -0.1) is 12.4 Å². The van der Waals surface area contributed by atoms with E-state index in [1.54, 1.807) is 0 Å². The molecule has 4 atom stereocenters. The minimum absolute atomic E-state index is 0. The number of hydrogen-bond donors (Lipinski definition) is 1. The zero-order chi connectivity index (χ0) is 13.2. The SMILES string of the molecule is Cl.NC[C@H]1CCC[C@H]1C(=O)N1CCOC2CCCCC21. The Balaban J connectivity index is 0.00000147. The predicted molar refractivity (Wildman–Crippen MR) is 80.8 cm³/mol. The van der Waals surface area contributed by atoms with E-state index in [4.69, 9.17) is 10.5 Å². The van der Waals surface area contributed by atoms with Crippen molar-refractivity contribution in [2.45, 2.75) is 57.1 Å². The topological polar surface area (TPSA) is 55.6 Å². The van der Waals surface area contributed by atoms with E-state index in [9.17, 15) is 4.79 Å². The van der Waals surface area contributed by atoms with E-state index < -0.39 is 0 Å². The van der Waals surface area contributed by atoms with Crippen LogP contribution in [0.25, 0.3) is 0 Å². The highest BCUT2D eigenvalue weighted by atomic mass is 35.5. The maximum atomic E-state index is 12.8. The Labute approximate surface area is 127 Å². The van der Waals surface area contributed by atoms with Gasteiger partial charge in [0, 0.05) is 12.5 Å². The monoisotopic (exact) mass is 302 g/mol. The van der Waals surface area contributed by atoms with Crippen molar-refractivity contribution in [1.29, 1.82) is 0 Å². The van der Waals surface area contributed by atoms with E-state index >= 15 is 0 Å². The summed E-state index contributed by atoms with van der Waals surface area (Å²) in [5, 5.41) is 0. The molecule has 0 aromatic carbocycles. The van der Waals surface area contributed by atoms with Crippen molar-refractivity contribution < 1.29 is 9.53 Å². The second-order valence-electron chi connectivity index (χ2n) is 6.33. The van der Waals surface area contributed by atoms with Crippen molar-refractivity contribution in [3.8, 4) is 0 Å². The number of fused-ring (bicyclic) bond motifs is 1. The van der Waals surface area contributed by atoms with Crippen molar-refractivity contribution in [3.63, 3.8) is 0 Å². The third kappa shape index (κ3) is 2.97. The van der Waals surface area contributed by atoms with Gasteiger partial charge in [-0.2, -0.15) is 0 Å². The molecule has 1 heterocycles. The van der Waals surface area contributed by atoms with Gasteiger partial charge < -0.3 is 15.4 Å². The van der Waals surface area contributed by atoms with Gasteiger partial charge in [-0.1, -0.05) is 19.3 Å². The summed E-state index contributed by atoms with van der Waals surface area (Å²) in [5.41, 5.74) is 5.83. The molecule has 116 valence electrons. The zero-order valence-electron chi connectivity index (χ0n) is 12.1. The molecule has 1 amide bonds. The number of amides is 1. The molecule has 1 saturated heterocycles. The maximum absolute atomic E-state index is 12.8. The first-order valence-corrected chi connectivity index (χ1v) is 7.93. The van der Waals surface area contributed by atoms with Crippen LogP contribution in [0.3, 0.4) is 0 Å². The molecule has 2 aliphatic carbocycles. The largest absolute Gasteiger partial charge is 0.374 e. The van der Waals surface area contributed by atoms with E-state index in [0.29, 0.717) is 37.1 Å². The number of halogens is 1. The van der Waals surface area contributed by atoms with Crippen LogP contribution in [0.15, 0.2) is 0 Å². The minimum atomic E-state index is 0. The molecule has 0 bridgehead atoms. The molecular formula is C15H27ClN2O2. The number of nitrogens with zero attached hydrogens (tertiary/aromatic N) is 1. The van der Waals surface area contributed by atoms with Gasteiger partial charge in [0.15, 0.2) is 0 Å². The zero-order valence-corrected chi connectivity index (χ0v) is 12.9. The standard InChI is InChI=1S/C15H26N2O2.ClH/c16-10-11-4-3-5-12(11)15(18)17-8-9-19-14-7-2-1-6-13(14)17;/h11-14H,1-10,16H2;1H/t11-,12-,13?,14?;/m1./s1. The summed E-state index contributed by atoms with van der Waals surface area (Å²) in [4.78, 5) is 15.0. The van der Waals surface area contributed by atoms with Crippen molar-refractivity contribution in [1.82, 2.24) is 4.90 Å². The molecule has 1 aliphatic heterocycles. The molecule has 2 N–H and O–H groups in total. The van der Waals surface area contributed by atoms with Crippen LogP contribution in [0.5, 0.6) is 0 Å².